The van der Waals surface area contributed by atoms with Crippen LogP contribution in [-0.4, -0.2) is 107 Å². The zero-order valence-electron chi connectivity index (χ0n) is 26.4. The summed E-state index contributed by atoms with van der Waals surface area (Å²) in [7, 11) is 0. The molecule has 0 radical (unpaired) electrons. The van der Waals surface area contributed by atoms with Gasteiger partial charge >= 0.3 is 11.9 Å². The molecule has 0 saturated carbocycles. The molecule has 4 heterocycles. The molecule has 3 aliphatic heterocycles. The van der Waals surface area contributed by atoms with E-state index >= 15 is 8.78 Å². The third-order valence-corrected chi connectivity index (χ3v) is 9.66. The first-order valence-electron chi connectivity index (χ1n) is 15.2. The van der Waals surface area contributed by atoms with Gasteiger partial charge in [0.05, 0.1) is 30.7 Å². The van der Waals surface area contributed by atoms with E-state index in [2.05, 4.69) is 10.3 Å². The molecule has 5 rings (SSSR count). The lowest BCUT2D eigenvalue weighted by molar-refractivity contribution is -0.150. The van der Waals surface area contributed by atoms with Crippen LogP contribution < -0.4 is 5.32 Å². The Balaban J connectivity index is 1.55. The molecule has 0 unspecified atom stereocenters. The van der Waals surface area contributed by atoms with Gasteiger partial charge in [0.1, 0.15) is 17.9 Å². The Labute approximate surface area is 272 Å². The third-order valence-electron chi connectivity index (χ3n) is 8.88. The van der Waals surface area contributed by atoms with Gasteiger partial charge in [-0.1, -0.05) is 12.1 Å². The summed E-state index contributed by atoms with van der Waals surface area (Å²) in [6.45, 7) is 3.94. The van der Waals surface area contributed by atoms with Crippen LogP contribution in [0.5, 0.6) is 0 Å². The summed E-state index contributed by atoms with van der Waals surface area (Å²) >= 11 is 1.25. The molecule has 2 fully saturated rings. The van der Waals surface area contributed by atoms with Crippen molar-refractivity contribution in [2.45, 2.75) is 64.6 Å². The standard InChI is InChI=1S/C31H37F5N6O4S/c1-5-46-28(43)23-20(38-26(27-37-10-12-47-27)39-24(23)18-7-6-8-19(32)17(18)2)13-40-16-31(35,36)25-21(40)14-41(15-22(33)34)42(25)11-9-30(3,4)29(44)45/h6-8,10,12,21-22,24-25H,5,9,11,13-16H2,1-4H3,(H,38,39)(H,44,45)/t21-,24-,25+/m0/s1. The molecule has 47 heavy (non-hydrogen) atoms. The Morgan fingerprint density at radius 1 is 1.28 bits per heavy atom. The molecule has 16 heteroatoms. The van der Waals surface area contributed by atoms with Crippen molar-refractivity contribution >= 4 is 29.1 Å². The molecule has 2 N–H and O–H groups in total. The van der Waals surface area contributed by atoms with Crippen LogP contribution in [0.15, 0.2) is 46.0 Å². The Morgan fingerprint density at radius 3 is 2.66 bits per heavy atom. The SMILES string of the molecule is CCOC(=O)C1=C(CN2CC(F)(F)[C@H]3[C@@H]2CN(CC(F)F)N3CCC(C)(C)C(=O)O)NC(c2nccs2)=N[C@H]1c1cccc(F)c1C. The predicted molar refractivity (Wildman–Crippen MR) is 164 cm³/mol. The molecule has 2 aromatic rings. The number of likely N-dealkylation sites (tertiary alicyclic amines) is 1. The number of thiazole rings is 1. The van der Waals surface area contributed by atoms with E-state index in [1.807, 2.05) is 0 Å². The summed E-state index contributed by atoms with van der Waals surface area (Å²) in [5, 5.41) is 17.2. The number of hydrogen-bond donors (Lipinski definition) is 2. The Hall–Kier alpha value is -3.47. The normalized spacial score (nSPS) is 23.6. The van der Waals surface area contributed by atoms with E-state index in [0.717, 1.165) is 0 Å². The van der Waals surface area contributed by atoms with Crippen molar-refractivity contribution in [2.24, 2.45) is 10.4 Å². The number of nitrogens with zero attached hydrogens (tertiary/aromatic N) is 5. The second-order valence-electron chi connectivity index (χ2n) is 12.5. The minimum absolute atomic E-state index is 0.00421. The number of carbonyl (C=O) groups excluding carboxylic acids is 1. The number of hydrogen-bond acceptors (Lipinski definition) is 10. The Kier molecular flexibility index (Phi) is 10.1. The summed E-state index contributed by atoms with van der Waals surface area (Å²) in [6.07, 6.45) is -1.32. The van der Waals surface area contributed by atoms with E-state index in [1.165, 1.54) is 52.2 Å². The summed E-state index contributed by atoms with van der Waals surface area (Å²) in [4.78, 5) is 35.8. The van der Waals surface area contributed by atoms with Gasteiger partial charge < -0.3 is 15.2 Å². The van der Waals surface area contributed by atoms with E-state index in [-0.39, 0.29) is 55.3 Å². The Bertz CT molecular complexity index is 1550. The summed E-state index contributed by atoms with van der Waals surface area (Å²) in [5.74, 6) is -5.54. The van der Waals surface area contributed by atoms with Gasteiger partial charge in [-0.25, -0.2) is 41.7 Å². The number of amidine groups is 1. The summed E-state index contributed by atoms with van der Waals surface area (Å²) < 4.78 is 79.4. The number of aromatic nitrogens is 1. The number of carbonyl (C=O) groups is 2. The first-order valence-corrected chi connectivity index (χ1v) is 16.1. The van der Waals surface area contributed by atoms with Crippen molar-refractivity contribution in [3.8, 4) is 0 Å². The van der Waals surface area contributed by atoms with Gasteiger partial charge in [-0.3, -0.25) is 14.7 Å². The molecule has 1 aromatic carbocycles. The van der Waals surface area contributed by atoms with Gasteiger partial charge in [-0.2, -0.15) is 0 Å². The lowest BCUT2D eigenvalue weighted by atomic mass is 9.89. The minimum atomic E-state index is -3.38. The molecule has 0 amide bonds. The number of benzene rings is 1. The number of carboxylic acids is 1. The fourth-order valence-corrected chi connectivity index (χ4v) is 6.94. The topological polar surface area (TPSA) is 111 Å². The van der Waals surface area contributed by atoms with Gasteiger partial charge in [-0.05, 0) is 51.3 Å². The number of rotatable bonds is 12. The zero-order valence-corrected chi connectivity index (χ0v) is 27.2. The van der Waals surface area contributed by atoms with Crippen LogP contribution >= 0.6 is 11.3 Å². The maximum atomic E-state index is 15.9. The van der Waals surface area contributed by atoms with E-state index in [0.29, 0.717) is 10.6 Å². The van der Waals surface area contributed by atoms with Gasteiger partial charge in [0.15, 0.2) is 10.8 Å². The van der Waals surface area contributed by atoms with E-state index < -0.39 is 66.7 Å². The largest absolute Gasteiger partial charge is 0.481 e. The molecule has 256 valence electrons. The fraction of sp³-hybridized carbons (Fsp3) is 0.548. The number of carboxylic acid groups (broad SMARTS) is 1. The number of alkyl halides is 4. The second-order valence-corrected chi connectivity index (χ2v) is 13.3. The van der Waals surface area contributed by atoms with Gasteiger partial charge in [0, 0.05) is 43.0 Å². The number of halogens is 5. The van der Waals surface area contributed by atoms with Crippen molar-refractivity contribution in [1.82, 2.24) is 25.2 Å². The molecule has 1 aromatic heterocycles. The molecule has 0 spiro atoms. The fourth-order valence-electron chi connectivity index (χ4n) is 6.35. The van der Waals surface area contributed by atoms with Crippen LogP contribution in [-0.2, 0) is 14.3 Å². The van der Waals surface area contributed by atoms with Crippen LogP contribution in [0.1, 0.15) is 49.4 Å². The number of aliphatic carboxylic acids is 1. The lowest BCUT2D eigenvalue weighted by Crippen LogP contribution is -2.51. The molecular formula is C31H37F5N6O4S. The maximum Gasteiger partial charge on any atom is 0.338 e. The maximum absolute atomic E-state index is 15.9. The monoisotopic (exact) mass is 684 g/mol. The van der Waals surface area contributed by atoms with E-state index in [4.69, 9.17) is 9.73 Å². The van der Waals surface area contributed by atoms with Crippen LogP contribution in [0.2, 0.25) is 0 Å². The minimum Gasteiger partial charge on any atom is -0.481 e. The molecule has 3 atom stereocenters. The highest BCUT2D eigenvalue weighted by Gasteiger charge is 2.62. The summed E-state index contributed by atoms with van der Waals surface area (Å²) in [5.41, 5.74) is -0.450. The second kappa shape index (κ2) is 13.6. The number of esters is 1. The van der Waals surface area contributed by atoms with Crippen LogP contribution in [0.25, 0.3) is 0 Å². The first-order chi connectivity index (χ1) is 22.1. The number of ether oxygens (including phenoxy) is 1. The first kappa shape index (κ1) is 34.9. The lowest BCUT2D eigenvalue weighted by Gasteiger charge is -2.35. The smallest absolute Gasteiger partial charge is 0.338 e. The van der Waals surface area contributed by atoms with Crippen molar-refractivity contribution in [1.29, 1.82) is 0 Å². The highest BCUT2D eigenvalue weighted by Crippen LogP contribution is 2.43. The average Bonchev–Trinajstić information content (AvgIpc) is 3.70. The van der Waals surface area contributed by atoms with Crippen molar-refractivity contribution in [3.05, 3.63) is 63.0 Å². The van der Waals surface area contributed by atoms with E-state index in [1.54, 1.807) is 31.5 Å². The van der Waals surface area contributed by atoms with Gasteiger partial charge in [0.2, 0.25) is 0 Å². The Morgan fingerprint density at radius 2 is 2.02 bits per heavy atom. The van der Waals surface area contributed by atoms with Gasteiger partial charge in [-0.15, -0.1) is 11.3 Å². The highest BCUT2D eigenvalue weighted by molar-refractivity contribution is 7.11. The zero-order chi connectivity index (χ0) is 34.3. The molecule has 3 aliphatic rings. The van der Waals surface area contributed by atoms with Crippen LogP contribution in [0, 0.1) is 18.2 Å². The van der Waals surface area contributed by atoms with Crippen molar-refractivity contribution < 1.29 is 41.4 Å². The number of hydrazine groups is 1. The average molecular weight is 685 g/mol. The van der Waals surface area contributed by atoms with Gasteiger partial charge in [0.25, 0.3) is 12.3 Å². The number of nitrogens with one attached hydrogen (secondary N) is 1. The number of aliphatic imine (C=N–C) groups is 1. The van der Waals surface area contributed by atoms with Crippen molar-refractivity contribution in [2.75, 3.05) is 39.3 Å². The predicted octanol–water partition coefficient (Wildman–Crippen LogP) is 4.49. The molecular weight excluding hydrogens is 647 g/mol. The highest BCUT2D eigenvalue weighted by atomic mass is 32.1. The molecule has 10 nitrogen and oxygen atoms in total. The quantitative estimate of drug-likeness (QED) is 0.247. The van der Waals surface area contributed by atoms with Crippen LogP contribution in [0.4, 0.5) is 22.0 Å². The van der Waals surface area contributed by atoms with Crippen LogP contribution in [0.3, 0.4) is 0 Å². The van der Waals surface area contributed by atoms with E-state index in [9.17, 15) is 27.9 Å². The number of fused-ring (bicyclic) bond motifs is 1. The molecule has 0 aliphatic carbocycles. The molecule has 0 bridgehead atoms. The third kappa shape index (κ3) is 7.05. The van der Waals surface area contributed by atoms with Crippen molar-refractivity contribution in [3.63, 3.8) is 0 Å². The molecule has 2 saturated heterocycles. The summed E-state index contributed by atoms with van der Waals surface area (Å²) in [6, 6.07) is 0.862.